The molecule has 3 unspecified atom stereocenters. The number of aliphatic carboxylic acids is 1. The Morgan fingerprint density at radius 1 is 1.15 bits per heavy atom. The zero-order valence-corrected chi connectivity index (χ0v) is 22.8. The number of nitrogens with one attached hydrogen (secondary N) is 3. The van der Waals surface area contributed by atoms with E-state index < -0.39 is 63.3 Å². The first-order valence-electron chi connectivity index (χ1n) is 12.8. The summed E-state index contributed by atoms with van der Waals surface area (Å²) in [5.41, 5.74) is 1.64. The number of hydrogen-bond donors (Lipinski definition) is 4. The number of carbonyl (C=O) groups is 2. The molecule has 2 saturated heterocycles. The summed E-state index contributed by atoms with van der Waals surface area (Å²) in [6.45, 7) is 1.28. The van der Waals surface area contributed by atoms with Gasteiger partial charge in [0.05, 0.1) is 25.8 Å². The third kappa shape index (κ3) is 6.87. The zero-order valence-electron chi connectivity index (χ0n) is 21.9. The third-order valence-corrected chi connectivity index (χ3v) is 7.52. The van der Waals surface area contributed by atoms with Gasteiger partial charge < -0.3 is 38.6 Å². The van der Waals surface area contributed by atoms with Crippen LogP contribution in [0.15, 0.2) is 43.0 Å². The largest absolute Gasteiger partial charge is 0.778 e. The van der Waals surface area contributed by atoms with E-state index >= 15 is 0 Å². The molecule has 1 aromatic carbocycles. The molecule has 2 aliphatic rings. The minimum Gasteiger partial charge on any atom is -0.778 e. The minimum atomic E-state index is -4.44. The van der Waals surface area contributed by atoms with E-state index in [9.17, 15) is 19.0 Å². The number of ether oxygens (including phenoxy) is 3. The Kier molecular flexibility index (Phi) is 8.89. The molecule has 4 N–H and O–H groups in total. The molecule has 2 fully saturated rings. The van der Waals surface area contributed by atoms with E-state index in [2.05, 4.69) is 30.9 Å². The molecule has 0 aliphatic carbocycles. The van der Waals surface area contributed by atoms with Gasteiger partial charge in [0.15, 0.2) is 29.5 Å². The van der Waals surface area contributed by atoms with Crippen molar-refractivity contribution in [2.75, 3.05) is 31.3 Å². The number of nitrogens with zero attached hydrogens (tertiary/aromatic N) is 4. The number of aromatic nitrogens is 4. The number of benzene rings is 1. The molecule has 2 aromatic heterocycles. The van der Waals surface area contributed by atoms with Crippen molar-refractivity contribution in [3.05, 3.63) is 48.5 Å². The third-order valence-electron chi connectivity index (χ3n) is 6.37. The van der Waals surface area contributed by atoms with Crippen LogP contribution in [0.5, 0.6) is 0 Å². The smallest absolute Gasteiger partial charge is 0.320 e. The fraction of sp³-hybridized carbons (Fsp3) is 0.458. The van der Waals surface area contributed by atoms with Gasteiger partial charge in [-0.2, -0.15) is 0 Å². The Hall–Kier alpha value is -3.50. The second-order valence-electron chi connectivity index (χ2n) is 9.30. The highest BCUT2D eigenvalue weighted by Gasteiger charge is 2.54. The maximum Gasteiger partial charge on any atom is 0.320 e. The molecule has 3 aromatic rings. The molecule has 2 amide bonds. The molecule has 5 rings (SSSR count). The predicted octanol–water partition coefficient (Wildman–Crippen LogP) is 0.420. The summed E-state index contributed by atoms with van der Waals surface area (Å²) in [4.78, 5) is 48.0. The van der Waals surface area contributed by atoms with Gasteiger partial charge in [-0.3, -0.25) is 20.0 Å². The number of anilines is 1. The summed E-state index contributed by atoms with van der Waals surface area (Å²) < 4.78 is 37.8. The molecule has 220 valence electrons. The van der Waals surface area contributed by atoms with Gasteiger partial charge in [0, 0.05) is 13.0 Å². The van der Waals surface area contributed by atoms with Crippen LogP contribution in [0.4, 0.5) is 10.6 Å². The topological polar surface area (TPSA) is 211 Å². The van der Waals surface area contributed by atoms with Gasteiger partial charge in [0.2, 0.25) is 0 Å². The van der Waals surface area contributed by atoms with Crippen molar-refractivity contribution >= 4 is 36.6 Å². The Morgan fingerprint density at radius 3 is 2.68 bits per heavy atom. The van der Waals surface area contributed by atoms with E-state index in [1.165, 1.54) is 12.7 Å². The number of imidazole rings is 1. The molecule has 0 saturated carbocycles. The number of amides is 2. The average Bonchev–Trinajstić information content (AvgIpc) is 3.62. The number of carboxylic acids is 1. The molecule has 0 radical (unpaired) electrons. The van der Waals surface area contributed by atoms with E-state index in [-0.39, 0.29) is 12.4 Å². The standard InChI is InChI=1S/C24H30N7O9P/c1-2-26-24(34)30-21-18-22(28-11-27-21)31(12-29-18)23-20-19(39-17(40-20)8-14-6-4-3-5-7-14)15(38-23)10-37-41(35,36)13-25-9-16(32)33/h3-7,11-12,15,17,19-20,23,25H,2,8-10,13H2,1H3,(H,32,33)(H,35,36)(H2,26,27,28,30,34)/p-1/t15-,17?,19?,20+,23-/m1/s1. The highest BCUT2D eigenvalue weighted by Crippen LogP contribution is 2.43. The molecule has 41 heavy (non-hydrogen) atoms. The molecule has 16 nitrogen and oxygen atoms in total. The zero-order chi connectivity index (χ0) is 29.0. The summed E-state index contributed by atoms with van der Waals surface area (Å²) in [6, 6.07) is 9.14. The second-order valence-corrected chi connectivity index (χ2v) is 11.1. The Morgan fingerprint density at radius 2 is 1.93 bits per heavy atom. The van der Waals surface area contributed by atoms with Crippen molar-refractivity contribution in [1.82, 2.24) is 30.2 Å². The molecule has 4 heterocycles. The van der Waals surface area contributed by atoms with Gasteiger partial charge in [-0.1, -0.05) is 30.3 Å². The molecular weight excluding hydrogens is 561 g/mol. The van der Waals surface area contributed by atoms with Crippen molar-refractivity contribution in [3.63, 3.8) is 0 Å². The Labute approximate surface area is 233 Å². The van der Waals surface area contributed by atoms with E-state index in [1.54, 1.807) is 11.5 Å². The van der Waals surface area contributed by atoms with E-state index in [0.29, 0.717) is 24.1 Å². The SMILES string of the molecule is CCNC(=O)Nc1ncnc2c1ncn2[C@@H]1O[C@H](COP(=O)([O-])CNCC(=O)O)C2OC(Cc3ccccc3)O[C@@H]21. The lowest BCUT2D eigenvalue weighted by Gasteiger charge is -2.26. The number of carboxylic acid groups (broad SMARTS) is 1. The molecule has 0 spiro atoms. The van der Waals surface area contributed by atoms with Crippen LogP contribution in [0, 0.1) is 0 Å². The average molecular weight is 591 g/mol. The van der Waals surface area contributed by atoms with Crippen LogP contribution >= 0.6 is 7.60 Å². The molecule has 6 atom stereocenters. The van der Waals surface area contributed by atoms with Crippen LogP contribution in [0.25, 0.3) is 11.2 Å². The summed E-state index contributed by atoms with van der Waals surface area (Å²) in [7, 11) is -4.44. The van der Waals surface area contributed by atoms with E-state index in [1.807, 2.05) is 30.3 Å². The summed E-state index contributed by atoms with van der Waals surface area (Å²) in [5, 5.41) is 16.3. The Bertz CT molecular complexity index is 1420. The first-order chi connectivity index (χ1) is 19.7. The van der Waals surface area contributed by atoms with Crippen molar-refractivity contribution in [2.24, 2.45) is 0 Å². The maximum atomic E-state index is 12.4. The fourth-order valence-corrected chi connectivity index (χ4v) is 5.49. The van der Waals surface area contributed by atoms with Crippen LogP contribution in [0.3, 0.4) is 0 Å². The Balaban J connectivity index is 1.36. The highest BCUT2D eigenvalue weighted by molar-refractivity contribution is 7.51. The van der Waals surface area contributed by atoms with E-state index in [0.717, 1.165) is 5.56 Å². The predicted molar refractivity (Wildman–Crippen MR) is 140 cm³/mol. The lowest BCUT2D eigenvalue weighted by atomic mass is 10.1. The summed E-state index contributed by atoms with van der Waals surface area (Å²) in [5.74, 6) is -1.00. The van der Waals surface area contributed by atoms with Crippen molar-refractivity contribution in [3.8, 4) is 0 Å². The molecule has 2 aliphatic heterocycles. The van der Waals surface area contributed by atoms with Crippen LogP contribution < -0.4 is 20.8 Å². The van der Waals surface area contributed by atoms with Gasteiger partial charge in [-0.15, -0.1) is 0 Å². The second kappa shape index (κ2) is 12.6. The summed E-state index contributed by atoms with van der Waals surface area (Å²) >= 11 is 0. The van der Waals surface area contributed by atoms with Crippen molar-refractivity contribution in [2.45, 2.75) is 44.2 Å². The van der Waals surface area contributed by atoms with Crippen molar-refractivity contribution in [1.29, 1.82) is 0 Å². The number of fused-ring (bicyclic) bond motifs is 2. The van der Waals surface area contributed by atoms with Crippen LogP contribution in [0.2, 0.25) is 0 Å². The van der Waals surface area contributed by atoms with Crippen LogP contribution in [0.1, 0.15) is 18.7 Å². The van der Waals surface area contributed by atoms with E-state index in [4.69, 9.17) is 23.8 Å². The number of rotatable bonds is 12. The molecular formula is C24H29N7O9P-. The van der Waals surface area contributed by atoms with Gasteiger partial charge in [-0.05, 0) is 12.5 Å². The minimum absolute atomic E-state index is 0.195. The number of carbonyl (C=O) groups excluding carboxylic acids is 1. The van der Waals surface area contributed by atoms with Gasteiger partial charge >= 0.3 is 12.0 Å². The first-order valence-corrected chi connectivity index (χ1v) is 14.6. The lowest BCUT2D eigenvalue weighted by molar-refractivity contribution is -0.204. The van der Waals surface area contributed by atoms with Crippen LogP contribution in [-0.4, -0.2) is 87.2 Å². The maximum absolute atomic E-state index is 12.4. The fourth-order valence-electron chi connectivity index (χ4n) is 4.64. The number of hydrogen-bond acceptors (Lipinski definition) is 12. The van der Waals surface area contributed by atoms with Gasteiger partial charge in [0.1, 0.15) is 32.2 Å². The quantitative estimate of drug-likeness (QED) is 0.211. The van der Waals surface area contributed by atoms with Crippen molar-refractivity contribution < 1.29 is 42.9 Å². The summed E-state index contributed by atoms with van der Waals surface area (Å²) in [6.07, 6.45) is -1.19. The lowest BCUT2D eigenvalue weighted by Crippen LogP contribution is -2.33. The monoisotopic (exact) mass is 590 g/mol. The number of urea groups is 1. The highest BCUT2D eigenvalue weighted by atomic mass is 31.2. The first kappa shape index (κ1) is 29.0. The normalized spacial score (nSPS) is 25.1. The van der Waals surface area contributed by atoms with Gasteiger partial charge in [0.25, 0.3) is 0 Å². The molecule has 17 heteroatoms. The van der Waals surface area contributed by atoms with Gasteiger partial charge in [-0.25, -0.2) is 19.7 Å². The molecule has 0 bridgehead atoms. The van der Waals surface area contributed by atoms with Crippen LogP contribution in [-0.2, 0) is 34.5 Å².